The van der Waals surface area contributed by atoms with Gasteiger partial charge in [0.25, 0.3) is 0 Å². The third-order valence-corrected chi connectivity index (χ3v) is 6.27. The second-order valence-corrected chi connectivity index (χ2v) is 9.80. The van der Waals surface area contributed by atoms with Crippen molar-refractivity contribution in [2.24, 2.45) is 17.4 Å². The Morgan fingerprint density at radius 3 is 2.10 bits per heavy atom. The van der Waals surface area contributed by atoms with Crippen LogP contribution in [-0.2, 0) is 35.2 Å². The third-order valence-electron chi connectivity index (χ3n) is 6.27. The minimum Gasteiger partial charge on any atom is -0.481 e. The average molecular weight is 561 g/mol. The number of hydrogen-bond donors (Lipinski definition) is 8. The van der Waals surface area contributed by atoms with Crippen molar-refractivity contribution in [1.82, 2.24) is 20.9 Å². The van der Waals surface area contributed by atoms with Crippen LogP contribution >= 0.6 is 0 Å². The van der Waals surface area contributed by atoms with Crippen molar-refractivity contribution in [1.29, 1.82) is 0 Å². The maximum absolute atomic E-state index is 13.2. The SMILES string of the molecule is CC(C)C(NC(=O)C(N)Cc1c[nH]c2ccccc12)C(=O)NC(CCC(=O)O)C(=O)NC(CCC(N)=O)C(=O)O. The summed E-state index contributed by atoms with van der Waals surface area (Å²) in [7, 11) is 0. The van der Waals surface area contributed by atoms with Crippen LogP contribution in [0.25, 0.3) is 10.9 Å². The lowest BCUT2D eigenvalue weighted by Gasteiger charge is -2.27. The summed E-state index contributed by atoms with van der Waals surface area (Å²) in [6.07, 6.45) is 0.468. The van der Waals surface area contributed by atoms with E-state index in [9.17, 15) is 33.9 Å². The van der Waals surface area contributed by atoms with Gasteiger partial charge in [-0.1, -0.05) is 32.0 Å². The molecule has 0 saturated carbocycles. The summed E-state index contributed by atoms with van der Waals surface area (Å²) in [4.78, 5) is 75.7. The van der Waals surface area contributed by atoms with Crippen molar-refractivity contribution in [3.05, 3.63) is 36.0 Å². The van der Waals surface area contributed by atoms with E-state index in [2.05, 4.69) is 20.9 Å². The molecule has 1 aromatic carbocycles. The van der Waals surface area contributed by atoms with Gasteiger partial charge >= 0.3 is 11.9 Å². The molecule has 0 aliphatic heterocycles. The number of fused-ring (bicyclic) bond motifs is 1. The van der Waals surface area contributed by atoms with E-state index in [1.54, 1.807) is 20.0 Å². The zero-order chi connectivity index (χ0) is 30.0. The summed E-state index contributed by atoms with van der Waals surface area (Å²) in [6.45, 7) is 3.32. The quantitative estimate of drug-likeness (QED) is 0.130. The van der Waals surface area contributed by atoms with E-state index in [0.29, 0.717) is 0 Å². The molecule has 0 aliphatic rings. The van der Waals surface area contributed by atoms with Crippen LogP contribution in [0.4, 0.5) is 0 Å². The summed E-state index contributed by atoms with van der Waals surface area (Å²) >= 11 is 0. The van der Waals surface area contributed by atoms with Crippen molar-refractivity contribution >= 4 is 46.5 Å². The first-order valence-electron chi connectivity index (χ1n) is 12.7. The highest BCUT2D eigenvalue weighted by Gasteiger charge is 2.32. The summed E-state index contributed by atoms with van der Waals surface area (Å²) < 4.78 is 0. The maximum Gasteiger partial charge on any atom is 0.326 e. The number of aliphatic carboxylic acids is 2. The molecule has 1 heterocycles. The van der Waals surface area contributed by atoms with E-state index in [1.807, 2.05) is 24.3 Å². The number of benzene rings is 1. The van der Waals surface area contributed by atoms with Gasteiger partial charge in [0, 0.05) is 29.9 Å². The lowest BCUT2D eigenvalue weighted by molar-refractivity contribution is -0.143. The van der Waals surface area contributed by atoms with Gasteiger partial charge in [0.1, 0.15) is 18.1 Å². The molecule has 0 bridgehead atoms. The Morgan fingerprint density at radius 1 is 0.875 bits per heavy atom. The number of carbonyl (C=O) groups excluding carboxylic acids is 4. The topological polar surface area (TPSA) is 247 Å². The summed E-state index contributed by atoms with van der Waals surface area (Å²) in [5.41, 5.74) is 12.9. The molecular formula is C26H36N6O8. The van der Waals surface area contributed by atoms with Crippen molar-refractivity contribution < 1.29 is 39.0 Å². The van der Waals surface area contributed by atoms with Crippen LogP contribution in [0.1, 0.15) is 45.1 Å². The molecule has 2 aromatic rings. The Hall–Kier alpha value is -4.46. The average Bonchev–Trinajstić information content (AvgIpc) is 3.28. The molecule has 40 heavy (non-hydrogen) atoms. The molecule has 4 unspecified atom stereocenters. The molecule has 1 aromatic heterocycles. The van der Waals surface area contributed by atoms with Crippen LogP contribution in [0.3, 0.4) is 0 Å². The monoisotopic (exact) mass is 560 g/mol. The Balaban J connectivity index is 2.12. The number of aromatic amines is 1. The van der Waals surface area contributed by atoms with Crippen LogP contribution in [0.15, 0.2) is 30.5 Å². The predicted molar refractivity (Wildman–Crippen MR) is 144 cm³/mol. The van der Waals surface area contributed by atoms with Gasteiger partial charge in [-0.15, -0.1) is 0 Å². The van der Waals surface area contributed by atoms with Gasteiger partial charge in [0.2, 0.25) is 23.6 Å². The number of H-pyrrole nitrogens is 1. The highest BCUT2D eigenvalue weighted by molar-refractivity contribution is 5.94. The second-order valence-electron chi connectivity index (χ2n) is 9.80. The summed E-state index contributed by atoms with van der Waals surface area (Å²) in [5.74, 6) is -6.25. The highest BCUT2D eigenvalue weighted by atomic mass is 16.4. The first kappa shape index (κ1) is 31.8. The number of para-hydroxylation sites is 1. The normalized spacial score (nSPS) is 14.1. The van der Waals surface area contributed by atoms with Crippen LogP contribution in [0.5, 0.6) is 0 Å². The number of hydrogen-bond acceptors (Lipinski definition) is 7. The molecule has 14 nitrogen and oxygen atoms in total. The lowest BCUT2D eigenvalue weighted by Crippen LogP contribution is -2.58. The van der Waals surface area contributed by atoms with Crippen molar-refractivity contribution in [3.63, 3.8) is 0 Å². The number of rotatable bonds is 16. The van der Waals surface area contributed by atoms with Gasteiger partial charge in [-0.25, -0.2) is 4.79 Å². The number of carbonyl (C=O) groups is 6. The third kappa shape index (κ3) is 9.38. The van der Waals surface area contributed by atoms with Crippen molar-refractivity contribution in [3.8, 4) is 0 Å². The van der Waals surface area contributed by atoms with Crippen molar-refractivity contribution in [2.75, 3.05) is 0 Å². The number of aromatic nitrogens is 1. The number of nitrogens with two attached hydrogens (primary N) is 2. The molecule has 4 amide bonds. The van der Waals surface area contributed by atoms with Gasteiger partial charge in [0.15, 0.2) is 0 Å². The molecule has 0 spiro atoms. The minimum absolute atomic E-state index is 0.188. The van der Waals surface area contributed by atoms with Gasteiger partial charge in [-0.05, 0) is 36.8 Å². The number of carboxylic acids is 2. The molecule has 4 atom stereocenters. The van der Waals surface area contributed by atoms with E-state index >= 15 is 0 Å². The van der Waals surface area contributed by atoms with Crippen LogP contribution in [0, 0.1) is 5.92 Å². The largest absolute Gasteiger partial charge is 0.481 e. The fourth-order valence-electron chi connectivity index (χ4n) is 4.04. The van der Waals surface area contributed by atoms with Gasteiger partial charge < -0.3 is 42.6 Å². The van der Waals surface area contributed by atoms with E-state index in [0.717, 1.165) is 16.5 Å². The fraction of sp³-hybridized carbons (Fsp3) is 0.462. The Bertz CT molecular complexity index is 1240. The molecular weight excluding hydrogens is 524 g/mol. The Labute approximate surface area is 230 Å². The smallest absolute Gasteiger partial charge is 0.326 e. The number of primary amides is 1. The molecule has 218 valence electrons. The molecule has 0 fully saturated rings. The van der Waals surface area contributed by atoms with Crippen molar-refractivity contribution in [2.45, 2.75) is 70.1 Å². The number of carboxylic acid groups (broad SMARTS) is 2. The predicted octanol–water partition coefficient (Wildman–Crippen LogP) is -0.637. The lowest BCUT2D eigenvalue weighted by atomic mass is 10.00. The summed E-state index contributed by atoms with van der Waals surface area (Å²) in [6, 6.07) is 2.45. The molecule has 0 saturated heterocycles. The molecule has 10 N–H and O–H groups in total. The number of nitrogens with one attached hydrogen (secondary N) is 4. The van der Waals surface area contributed by atoms with Gasteiger partial charge in [-0.2, -0.15) is 0 Å². The fourth-order valence-corrected chi connectivity index (χ4v) is 4.04. The molecule has 14 heteroatoms. The standard InChI is InChI=1S/C26H36N6O8/c1-13(2)22(32-23(36)16(27)11-14-12-29-17-6-4-3-5-15(14)17)25(38)30-18(8-10-21(34)35)24(37)31-19(26(39)40)7-9-20(28)33/h3-6,12-13,16,18-19,22,29H,7-11,27H2,1-2H3,(H2,28,33)(H,30,38)(H,31,37)(H,32,36)(H,34,35)(H,39,40). The Kier molecular flexibility index (Phi) is 11.6. The number of amides is 4. The van der Waals surface area contributed by atoms with Gasteiger partial charge in [0.05, 0.1) is 6.04 Å². The van der Waals surface area contributed by atoms with Crippen LogP contribution in [0.2, 0.25) is 0 Å². The second kappa shape index (κ2) is 14.6. The van der Waals surface area contributed by atoms with E-state index in [1.165, 1.54) is 0 Å². The summed E-state index contributed by atoms with van der Waals surface area (Å²) in [5, 5.41) is 26.6. The minimum atomic E-state index is -1.49. The zero-order valence-corrected chi connectivity index (χ0v) is 22.3. The van der Waals surface area contributed by atoms with E-state index in [-0.39, 0.29) is 25.7 Å². The molecule has 0 aliphatic carbocycles. The van der Waals surface area contributed by atoms with E-state index < -0.39 is 72.1 Å². The first-order chi connectivity index (χ1) is 18.8. The van der Waals surface area contributed by atoms with E-state index in [4.69, 9.17) is 16.6 Å². The van der Waals surface area contributed by atoms with Gasteiger partial charge in [-0.3, -0.25) is 24.0 Å². The Morgan fingerprint density at radius 2 is 1.50 bits per heavy atom. The molecule has 0 radical (unpaired) electrons. The zero-order valence-electron chi connectivity index (χ0n) is 22.3. The first-order valence-corrected chi connectivity index (χ1v) is 12.7. The highest BCUT2D eigenvalue weighted by Crippen LogP contribution is 2.19. The van der Waals surface area contributed by atoms with Crippen LogP contribution in [-0.4, -0.2) is 74.9 Å². The molecule has 2 rings (SSSR count). The maximum atomic E-state index is 13.2. The van der Waals surface area contributed by atoms with Crippen LogP contribution < -0.4 is 27.4 Å².